The van der Waals surface area contributed by atoms with E-state index in [0.29, 0.717) is 6.42 Å². The Kier molecular flexibility index (Phi) is 6.21. The minimum Gasteiger partial charge on any atom is -0.349 e. The summed E-state index contributed by atoms with van der Waals surface area (Å²) >= 11 is 0. The molecule has 1 aromatic carbocycles. The van der Waals surface area contributed by atoms with Gasteiger partial charge in [-0.2, -0.15) is 0 Å². The Morgan fingerprint density at radius 2 is 1.85 bits per heavy atom. The van der Waals surface area contributed by atoms with E-state index in [9.17, 15) is 4.79 Å². The fourth-order valence-electron chi connectivity index (χ4n) is 2.06. The summed E-state index contributed by atoms with van der Waals surface area (Å²) in [7, 11) is 0. The average Bonchev–Trinajstić information content (AvgIpc) is 2.38. The third-order valence-electron chi connectivity index (χ3n) is 3.63. The molecule has 0 bridgehead atoms. The van der Waals surface area contributed by atoms with Gasteiger partial charge in [0.1, 0.15) is 0 Å². The number of nitrogens with one attached hydrogen (secondary N) is 1. The maximum atomic E-state index is 12.2. The predicted octanol–water partition coefficient (Wildman–Crippen LogP) is 3.41. The van der Waals surface area contributed by atoms with E-state index in [4.69, 9.17) is 5.73 Å². The van der Waals surface area contributed by atoms with Crippen LogP contribution in [0.15, 0.2) is 30.3 Å². The van der Waals surface area contributed by atoms with Gasteiger partial charge in [-0.1, -0.05) is 64.4 Å². The van der Waals surface area contributed by atoms with E-state index in [2.05, 4.69) is 45.1 Å². The Morgan fingerprint density at radius 1 is 1.25 bits per heavy atom. The predicted molar refractivity (Wildman–Crippen MR) is 84.3 cm³/mol. The van der Waals surface area contributed by atoms with Crippen molar-refractivity contribution in [1.82, 2.24) is 5.32 Å². The zero-order valence-corrected chi connectivity index (χ0v) is 13.1. The van der Waals surface area contributed by atoms with Crippen LogP contribution in [0.1, 0.15) is 58.6 Å². The van der Waals surface area contributed by atoms with Crippen LogP contribution in [0.5, 0.6) is 0 Å². The van der Waals surface area contributed by atoms with E-state index < -0.39 is 0 Å². The lowest BCUT2D eigenvalue weighted by Crippen LogP contribution is -2.41. The lowest BCUT2D eigenvalue weighted by atomic mass is 9.85. The number of carbonyl (C=O) groups is 1. The minimum absolute atomic E-state index is 0.0368. The van der Waals surface area contributed by atoms with Crippen LogP contribution in [-0.2, 0) is 4.79 Å². The Morgan fingerprint density at radius 3 is 2.35 bits per heavy atom. The molecule has 0 aromatic heterocycles. The number of carbonyl (C=O) groups excluding carboxylic acids is 1. The number of hydrogen-bond donors (Lipinski definition) is 2. The van der Waals surface area contributed by atoms with Gasteiger partial charge in [0, 0.05) is 12.5 Å². The summed E-state index contributed by atoms with van der Waals surface area (Å²) in [6.45, 7) is 8.31. The molecule has 1 rings (SSSR count). The Bertz CT molecular complexity index is 409. The average molecular weight is 276 g/mol. The largest absolute Gasteiger partial charge is 0.349 e. The molecule has 3 nitrogen and oxygen atoms in total. The van der Waals surface area contributed by atoms with E-state index in [1.165, 1.54) is 0 Å². The van der Waals surface area contributed by atoms with Gasteiger partial charge in [0.15, 0.2) is 0 Å². The number of rotatable bonds is 6. The van der Waals surface area contributed by atoms with Crippen molar-refractivity contribution in [3.8, 4) is 0 Å². The highest BCUT2D eigenvalue weighted by atomic mass is 16.1. The summed E-state index contributed by atoms with van der Waals surface area (Å²) in [6, 6.07) is 10.1. The molecule has 0 aliphatic rings. The smallest absolute Gasteiger partial charge is 0.222 e. The molecule has 1 amide bonds. The molecular weight excluding hydrogens is 248 g/mol. The number of hydrogen-bond acceptors (Lipinski definition) is 2. The van der Waals surface area contributed by atoms with Gasteiger partial charge in [-0.05, 0) is 17.4 Å². The van der Waals surface area contributed by atoms with Gasteiger partial charge >= 0.3 is 0 Å². The molecule has 0 saturated heterocycles. The van der Waals surface area contributed by atoms with Crippen LogP contribution < -0.4 is 11.1 Å². The maximum Gasteiger partial charge on any atom is 0.222 e. The number of nitrogens with two attached hydrogens (primary N) is 1. The van der Waals surface area contributed by atoms with Gasteiger partial charge in [-0.15, -0.1) is 0 Å². The fraction of sp³-hybridized carbons (Fsp3) is 0.588. The van der Waals surface area contributed by atoms with Crippen molar-refractivity contribution >= 4 is 5.91 Å². The SMILES string of the molecule is CCCC(NC(=O)CC(N)C(C)(C)C)c1ccccc1. The molecule has 112 valence electrons. The zero-order valence-electron chi connectivity index (χ0n) is 13.1. The van der Waals surface area contributed by atoms with Crippen LogP contribution in [0.25, 0.3) is 0 Å². The van der Waals surface area contributed by atoms with Gasteiger partial charge in [0.05, 0.1) is 6.04 Å². The maximum absolute atomic E-state index is 12.2. The minimum atomic E-state index is -0.124. The van der Waals surface area contributed by atoms with Crippen molar-refractivity contribution in [2.45, 2.75) is 59.0 Å². The van der Waals surface area contributed by atoms with Crippen LogP contribution >= 0.6 is 0 Å². The summed E-state index contributed by atoms with van der Waals surface area (Å²) in [5.74, 6) is 0.0368. The van der Waals surface area contributed by atoms with Crippen molar-refractivity contribution < 1.29 is 4.79 Å². The van der Waals surface area contributed by atoms with E-state index in [-0.39, 0.29) is 23.4 Å². The topological polar surface area (TPSA) is 55.1 Å². The van der Waals surface area contributed by atoms with E-state index in [0.717, 1.165) is 18.4 Å². The second kappa shape index (κ2) is 7.44. The van der Waals surface area contributed by atoms with Gasteiger partial charge in [0.25, 0.3) is 0 Å². The molecule has 0 radical (unpaired) electrons. The molecule has 0 spiro atoms. The lowest BCUT2D eigenvalue weighted by Gasteiger charge is -2.27. The zero-order chi connectivity index (χ0) is 15.2. The molecule has 20 heavy (non-hydrogen) atoms. The quantitative estimate of drug-likeness (QED) is 0.836. The molecule has 0 heterocycles. The summed E-state index contributed by atoms with van der Waals surface area (Å²) in [4.78, 5) is 12.2. The van der Waals surface area contributed by atoms with Crippen molar-refractivity contribution in [1.29, 1.82) is 0 Å². The van der Waals surface area contributed by atoms with Crippen LogP contribution in [0.4, 0.5) is 0 Å². The first kappa shape index (κ1) is 16.7. The van der Waals surface area contributed by atoms with Crippen LogP contribution in [0, 0.1) is 5.41 Å². The first-order valence-electron chi connectivity index (χ1n) is 7.44. The highest BCUT2D eigenvalue weighted by Gasteiger charge is 2.24. The highest BCUT2D eigenvalue weighted by Crippen LogP contribution is 2.21. The molecule has 3 N–H and O–H groups in total. The van der Waals surface area contributed by atoms with Crippen LogP contribution in [0.3, 0.4) is 0 Å². The van der Waals surface area contributed by atoms with Crippen LogP contribution in [-0.4, -0.2) is 11.9 Å². The van der Waals surface area contributed by atoms with E-state index in [1.54, 1.807) is 0 Å². The Labute approximate surface area is 122 Å². The second-order valence-corrected chi connectivity index (χ2v) is 6.50. The number of benzene rings is 1. The first-order valence-corrected chi connectivity index (χ1v) is 7.44. The van der Waals surface area contributed by atoms with Crippen molar-refractivity contribution in [2.75, 3.05) is 0 Å². The molecular formula is C17H28N2O. The summed E-state index contributed by atoms with van der Waals surface area (Å²) in [5.41, 5.74) is 7.19. The third-order valence-corrected chi connectivity index (χ3v) is 3.63. The van der Waals surface area contributed by atoms with Crippen molar-refractivity contribution in [3.63, 3.8) is 0 Å². The van der Waals surface area contributed by atoms with Gasteiger partial charge in [0.2, 0.25) is 5.91 Å². The normalized spacial score (nSPS) is 14.7. The third kappa shape index (κ3) is 5.33. The highest BCUT2D eigenvalue weighted by molar-refractivity contribution is 5.77. The van der Waals surface area contributed by atoms with Gasteiger partial charge in [-0.3, -0.25) is 4.79 Å². The summed E-state index contributed by atoms with van der Waals surface area (Å²) in [5, 5.41) is 3.12. The molecule has 0 fully saturated rings. The second-order valence-electron chi connectivity index (χ2n) is 6.50. The molecule has 0 aliphatic carbocycles. The first-order chi connectivity index (χ1) is 9.34. The molecule has 2 unspecified atom stereocenters. The van der Waals surface area contributed by atoms with Gasteiger partial charge < -0.3 is 11.1 Å². The summed E-state index contributed by atoms with van der Waals surface area (Å²) < 4.78 is 0. The molecule has 1 aromatic rings. The monoisotopic (exact) mass is 276 g/mol. The van der Waals surface area contributed by atoms with Crippen molar-refractivity contribution in [3.05, 3.63) is 35.9 Å². The standard InChI is InChI=1S/C17H28N2O/c1-5-9-14(13-10-7-6-8-11-13)19-16(20)12-15(18)17(2,3)4/h6-8,10-11,14-15H,5,9,12,18H2,1-4H3,(H,19,20). The van der Waals surface area contributed by atoms with E-state index >= 15 is 0 Å². The molecule has 0 aliphatic heterocycles. The lowest BCUT2D eigenvalue weighted by molar-refractivity contribution is -0.122. The van der Waals surface area contributed by atoms with Gasteiger partial charge in [-0.25, -0.2) is 0 Å². The fourth-order valence-corrected chi connectivity index (χ4v) is 2.06. The Hall–Kier alpha value is -1.35. The molecule has 2 atom stereocenters. The van der Waals surface area contributed by atoms with Crippen molar-refractivity contribution in [2.24, 2.45) is 11.1 Å². The summed E-state index contributed by atoms with van der Waals surface area (Å²) in [6.07, 6.45) is 2.35. The van der Waals surface area contributed by atoms with Crippen LogP contribution in [0.2, 0.25) is 0 Å². The molecule has 0 saturated carbocycles. The molecule has 3 heteroatoms. The number of amides is 1. The Balaban J connectivity index is 2.65. The van der Waals surface area contributed by atoms with E-state index in [1.807, 2.05) is 18.2 Å².